The molecule has 1 amide bonds. The summed E-state index contributed by atoms with van der Waals surface area (Å²) < 4.78 is 11.8. The second kappa shape index (κ2) is 7.60. The highest BCUT2D eigenvalue weighted by Gasteiger charge is 2.25. The van der Waals surface area contributed by atoms with E-state index in [4.69, 9.17) is 15.2 Å². The molecule has 8 nitrogen and oxygen atoms in total. The number of nitrogens with zero attached hydrogens (tertiary/aromatic N) is 3. The number of likely N-dealkylation sites (N-methyl/N-ethyl adjacent to an activating group) is 1. The molecule has 0 spiro atoms. The van der Waals surface area contributed by atoms with Gasteiger partial charge in [0, 0.05) is 28.9 Å². The Labute approximate surface area is 174 Å². The van der Waals surface area contributed by atoms with Crippen molar-refractivity contribution < 1.29 is 14.3 Å². The molecular weight excluding hydrogens is 382 g/mol. The summed E-state index contributed by atoms with van der Waals surface area (Å²) in [5.41, 5.74) is 10.2. The highest BCUT2D eigenvalue weighted by Crippen LogP contribution is 2.37. The van der Waals surface area contributed by atoms with Crippen LogP contribution < -0.4 is 15.2 Å². The van der Waals surface area contributed by atoms with Gasteiger partial charge in [0.15, 0.2) is 0 Å². The van der Waals surface area contributed by atoms with E-state index in [0.29, 0.717) is 47.5 Å². The molecule has 2 aliphatic rings. The largest absolute Gasteiger partial charge is 0.491 e. The van der Waals surface area contributed by atoms with Gasteiger partial charge in [-0.3, -0.25) is 4.79 Å². The van der Waals surface area contributed by atoms with Crippen molar-refractivity contribution in [2.75, 3.05) is 26.8 Å². The minimum atomic E-state index is -0.539. The zero-order valence-corrected chi connectivity index (χ0v) is 17.0. The second-order valence-electron chi connectivity index (χ2n) is 8.02. The fraction of sp³-hybridized carbons (Fsp3) is 0.409. The van der Waals surface area contributed by atoms with Crippen LogP contribution in [0.15, 0.2) is 24.7 Å². The maximum absolute atomic E-state index is 12.3. The molecule has 1 fully saturated rings. The van der Waals surface area contributed by atoms with Crippen molar-refractivity contribution >= 4 is 16.9 Å². The van der Waals surface area contributed by atoms with Gasteiger partial charge in [-0.25, -0.2) is 9.97 Å². The monoisotopic (exact) mass is 407 g/mol. The minimum Gasteiger partial charge on any atom is -0.491 e. The summed E-state index contributed by atoms with van der Waals surface area (Å²) in [5.74, 6) is 0.629. The molecule has 2 aliphatic heterocycles. The summed E-state index contributed by atoms with van der Waals surface area (Å²) in [5, 5.41) is 0. The lowest BCUT2D eigenvalue weighted by molar-refractivity contribution is 0.0996. The number of hydrogen-bond donors (Lipinski definition) is 2. The van der Waals surface area contributed by atoms with Gasteiger partial charge in [0.1, 0.15) is 17.9 Å². The molecule has 156 valence electrons. The number of aryl methyl sites for hydroxylation is 1. The minimum absolute atomic E-state index is 0.328. The number of hydrogen-bond acceptors (Lipinski definition) is 6. The first kappa shape index (κ1) is 18.9. The van der Waals surface area contributed by atoms with E-state index in [1.165, 1.54) is 0 Å². The number of nitrogens with two attached hydrogens (primary N) is 1. The summed E-state index contributed by atoms with van der Waals surface area (Å²) in [6.45, 7) is 2.26. The fourth-order valence-corrected chi connectivity index (χ4v) is 4.42. The molecule has 2 aromatic heterocycles. The number of primary amides is 1. The second-order valence-corrected chi connectivity index (χ2v) is 8.02. The fourth-order valence-electron chi connectivity index (χ4n) is 4.42. The van der Waals surface area contributed by atoms with Crippen LogP contribution in [0.25, 0.3) is 22.2 Å². The van der Waals surface area contributed by atoms with Gasteiger partial charge in [0.2, 0.25) is 5.88 Å². The third-order valence-electron chi connectivity index (χ3n) is 6.08. The van der Waals surface area contributed by atoms with Gasteiger partial charge < -0.3 is 25.1 Å². The van der Waals surface area contributed by atoms with E-state index < -0.39 is 5.91 Å². The number of amides is 1. The van der Waals surface area contributed by atoms with Gasteiger partial charge in [0.05, 0.1) is 24.0 Å². The zero-order chi connectivity index (χ0) is 20.7. The number of carbonyl (C=O) groups excluding carboxylic acids is 1. The number of nitrogens with one attached hydrogen (secondary N) is 1. The van der Waals surface area contributed by atoms with Gasteiger partial charge in [-0.05, 0) is 51.4 Å². The maximum Gasteiger partial charge on any atom is 0.254 e. The Bertz CT molecular complexity index is 1110. The Morgan fingerprint density at radius 1 is 1.37 bits per heavy atom. The van der Waals surface area contributed by atoms with Crippen LogP contribution in [0.3, 0.4) is 0 Å². The maximum atomic E-state index is 12.3. The first-order valence-electron chi connectivity index (χ1n) is 10.4. The molecule has 4 heterocycles. The van der Waals surface area contributed by atoms with Gasteiger partial charge in [0.25, 0.3) is 5.91 Å². The van der Waals surface area contributed by atoms with E-state index in [-0.39, 0.29) is 0 Å². The van der Waals surface area contributed by atoms with Crippen molar-refractivity contribution in [1.82, 2.24) is 19.9 Å². The standard InChI is InChI=1S/C22H25N5O3/c1-27-6-2-5-15(27)11-30-17-9-16(19-20(26-12-25-19)18(17)21(23)28)14-8-13-4-3-7-29-22(13)24-10-14/h8-10,12,15H,2-7,11H2,1H3,(H2,23,28)(H,25,26)/t15-/m1/s1. The number of imidazole rings is 1. The molecule has 0 bridgehead atoms. The lowest BCUT2D eigenvalue weighted by atomic mass is 9.99. The summed E-state index contributed by atoms with van der Waals surface area (Å²) >= 11 is 0. The van der Waals surface area contributed by atoms with Crippen LogP contribution in [-0.4, -0.2) is 58.6 Å². The molecule has 5 rings (SSSR count). The van der Waals surface area contributed by atoms with E-state index in [0.717, 1.165) is 48.9 Å². The van der Waals surface area contributed by atoms with Crippen molar-refractivity contribution in [3.05, 3.63) is 35.8 Å². The highest BCUT2D eigenvalue weighted by molar-refractivity contribution is 6.10. The topological polar surface area (TPSA) is 106 Å². The first-order chi connectivity index (χ1) is 14.6. The van der Waals surface area contributed by atoms with Crippen LogP contribution in [0.4, 0.5) is 0 Å². The lowest BCUT2D eigenvalue weighted by Crippen LogP contribution is -2.31. The van der Waals surface area contributed by atoms with E-state index in [1.54, 1.807) is 12.5 Å². The Kier molecular flexibility index (Phi) is 4.78. The molecule has 8 heteroatoms. The Morgan fingerprint density at radius 2 is 2.27 bits per heavy atom. The normalized spacial score (nSPS) is 18.9. The van der Waals surface area contributed by atoms with Crippen molar-refractivity contribution in [3.63, 3.8) is 0 Å². The molecule has 0 aliphatic carbocycles. The first-order valence-corrected chi connectivity index (χ1v) is 10.4. The molecule has 0 unspecified atom stereocenters. The van der Waals surface area contributed by atoms with Crippen LogP contribution in [0.2, 0.25) is 0 Å². The number of likely N-dealkylation sites (tertiary alicyclic amines) is 1. The predicted molar refractivity (Wildman–Crippen MR) is 113 cm³/mol. The number of rotatable bonds is 5. The number of pyridine rings is 1. The molecule has 0 saturated carbocycles. The van der Waals surface area contributed by atoms with E-state index in [2.05, 4.69) is 33.0 Å². The van der Waals surface area contributed by atoms with Crippen molar-refractivity contribution in [2.45, 2.75) is 31.7 Å². The molecule has 3 aromatic rings. The summed E-state index contributed by atoms with van der Waals surface area (Å²) in [7, 11) is 2.10. The number of ether oxygens (including phenoxy) is 2. The molecular formula is C22H25N5O3. The third kappa shape index (κ3) is 3.27. The Hall–Kier alpha value is -3.13. The summed E-state index contributed by atoms with van der Waals surface area (Å²) in [4.78, 5) is 26.6. The van der Waals surface area contributed by atoms with Gasteiger partial charge in [-0.15, -0.1) is 0 Å². The number of benzene rings is 1. The van der Waals surface area contributed by atoms with Gasteiger partial charge in [-0.2, -0.15) is 0 Å². The number of fused-ring (bicyclic) bond motifs is 2. The molecule has 1 aromatic carbocycles. The summed E-state index contributed by atoms with van der Waals surface area (Å²) in [6.07, 6.45) is 7.49. The van der Waals surface area contributed by atoms with Crippen molar-refractivity contribution in [1.29, 1.82) is 0 Å². The Morgan fingerprint density at radius 3 is 3.07 bits per heavy atom. The molecule has 3 N–H and O–H groups in total. The average molecular weight is 407 g/mol. The quantitative estimate of drug-likeness (QED) is 0.673. The van der Waals surface area contributed by atoms with Crippen LogP contribution in [-0.2, 0) is 6.42 Å². The SMILES string of the molecule is CN1CCC[C@@H]1COc1cc(-c2cnc3c(c2)CCCO3)c2nc[nH]c2c1C(N)=O. The number of aromatic amines is 1. The summed E-state index contributed by atoms with van der Waals surface area (Å²) in [6, 6.07) is 4.28. The third-order valence-corrected chi connectivity index (χ3v) is 6.08. The lowest BCUT2D eigenvalue weighted by Gasteiger charge is -2.21. The highest BCUT2D eigenvalue weighted by atomic mass is 16.5. The zero-order valence-electron chi connectivity index (χ0n) is 17.0. The van der Waals surface area contributed by atoms with Crippen molar-refractivity contribution in [2.24, 2.45) is 5.73 Å². The predicted octanol–water partition coefficient (Wildman–Crippen LogP) is 2.52. The molecule has 0 radical (unpaired) electrons. The average Bonchev–Trinajstić information content (AvgIpc) is 3.39. The van der Waals surface area contributed by atoms with Crippen LogP contribution in [0, 0.1) is 0 Å². The smallest absolute Gasteiger partial charge is 0.254 e. The Balaban J connectivity index is 1.59. The van der Waals surface area contributed by atoms with Crippen molar-refractivity contribution in [3.8, 4) is 22.8 Å². The number of carbonyl (C=O) groups is 1. The number of aromatic nitrogens is 3. The van der Waals surface area contributed by atoms with E-state index in [1.807, 2.05) is 6.07 Å². The molecule has 30 heavy (non-hydrogen) atoms. The van der Waals surface area contributed by atoms with E-state index in [9.17, 15) is 4.79 Å². The number of H-pyrrole nitrogens is 1. The van der Waals surface area contributed by atoms with Crippen LogP contribution >= 0.6 is 0 Å². The molecule has 1 saturated heterocycles. The van der Waals surface area contributed by atoms with Gasteiger partial charge in [-0.1, -0.05) is 0 Å². The van der Waals surface area contributed by atoms with Gasteiger partial charge >= 0.3 is 0 Å². The molecule has 1 atom stereocenters. The van der Waals surface area contributed by atoms with E-state index >= 15 is 0 Å². The van der Waals surface area contributed by atoms with Crippen LogP contribution in [0.1, 0.15) is 35.2 Å². The van der Waals surface area contributed by atoms with Crippen LogP contribution in [0.5, 0.6) is 11.6 Å².